The molecule has 1 heterocycles. The fourth-order valence-corrected chi connectivity index (χ4v) is 3.07. The minimum absolute atomic E-state index is 0.536. The Kier molecular flexibility index (Phi) is 3.72. The van der Waals surface area contributed by atoms with Crippen molar-refractivity contribution in [1.82, 2.24) is 5.32 Å². The molecule has 0 fully saturated rings. The van der Waals surface area contributed by atoms with E-state index in [1.165, 1.54) is 29.0 Å². The molecule has 3 rings (SSSR count). The lowest BCUT2D eigenvalue weighted by Gasteiger charge is -2.27. The van der Waals surface area contributed by atoms with Crippen molar-refractivity contribution in [3.8, 4) is 0 Å². The second-order valence-corrected chi connectivity index (χ2v) is 5.90. The minimum atomic E-state index is 0.536. The number of hydrogen-bond donors (Lipinski definition) is 1. The fraction of sp³-hybridized carbons (Fsp3) is 0.389. The molecular formula is C18H22N2. The van der Waals surface area contributed by atoms with E-state index in [2.05, 4.69) is 60.6 Å². The highest BCUT2D eigenvalue weighted by Crippen LogP contribution is 2.33. The Balaban J connectivity index is 1.62. The average molecular weight is 266 g/mol. The molecule has 0 radical (unpaired) electrons. The van der Waals surface area contributed by atoms with E-state index in [9.17, 15) is 0 Å². The van der Waals surface area contributed by atoms with Crippen LogP contribution >= 0.6 is 0 Å². The van der Waals surface area contributed by atoms with Gasteiger partial charge in [-0.2, -0.15) is 0 Å². The zero-order valence-electron chi connectivity index (χ0n) is 12.3. The van der Waals surface area contributed by atoms with E-state index in [0.29, 0.717) is 11.8 Å². The third-order valence-corrected chi connectivity index (χ3v) is 4.19. The van der Waals surface area contributed by atoms with Crippen molar-refractivity contribution in [2.75, 3.05) is 6.54 Å². The molecule has 1 aliphatic heterocycles. The molecule has 0 amide bonds. The predicted molar refractivity (Wildman–Crippen MR) is 84.7 cm³/mol. The molecule has 0 spiro atoms. The molecule has 20 heavy (non-hydrogen) atoms. The summed E-state index contributed by atoms with van der Waals surface area (Å²) in [6, 6.07) is 10.6. The summed E-state index contributed by atoms with van der Waals surface area (Å²) in [5.74, 6) is 1.16. The molecule has 2 unspecified atom stereocenters. The van der Waals surface area contributed by atoms with Gasteiger partial charge in [-0.1, -0.05) is 43.3 Å². The van der Waals surface area contributed by atoms with E-state index >= 15 is 0 Å². The quantitative estimate of drug-likeness (QED) is 0.882. The summed E-state index contributed by atoms with van der Waals surface area (Å²) in [4.78, 5) is 4.60. The number of nitrogens with one attached hydrogen (secondary N) is 1. The summed E-state index contributed by atoms with van der Waals surface area (Å²) < 4.78 is 0. The maximum atomic E-state index is 4.60. The maximum absolute atomic E-state index is 4.60. The van der Waals surface area contributed by atoms with E-state index in [4.69, 9.17) is 0 Å². The summed E-state index contributed by atoms with van der Waals surface area (Å²) in [5, 5.41) is 3.59. The average Bonchev–Trinajstić information content (AvgIpc) is 2.82. The van der Waals surface area contributed by atoms with Gasteiger partial charge < -0.3 is 5.32 Å². The van der Waals surface area contributed by atoms with Crippen LogP contribution < -0.4 is 5.32 Å². The molecule has 2 nitrogen and oxygen atoms in total. The molecule has 1 aromatic rings. The van der Waals surface area contributed by atoms with Crippen LogP contribution in [0, 0.1) is 11.8 Å². The Labute approximate surface area is 121 Å². The third kappa shape index (κ3) is 2.69. The van der Waals surface area contributed by atoms with Crippen molar-refractivity contribution < 1.29 is 0 Å². The molecule has 1 aromatic carbocycles. The summed E-state index contributed by atoms with van der Waals surface area (Å²) in [5.41, 5.74) is 5.28. The van der Waals surface area contributed by atoms with Gasteiger partial charge in [0.1, 0.15) is 0 Å². The Bertz CT molecular complexity index is 566. The first kappa shape index (κ1) is 13.2. The van der Waals surface area contributed by atoms with Crippen LogP contribution in [0.5, 0.6) is 0 Å². The molecule has 2 heteroatoms. The third-order valence-electron chi connectivity index (χ3n) is 4.19. The second-order valence-electron chi connectivity index (χ2n) is 5.90. The fourth-order valence-electron chi connectivity index (χ4n) is 3.07. The number of benzene rings is 1. The normalized spacial score (nSPS) is 24.6. The van der Waals surface area contributed by atoms with Crippen LogP contribution in [0.2, 0.25) is 0 Å². The van der Waals surface area contributed by atoms with Crippen molar-refractivity contribution >= 4 is 5.71 Å². The van der Waals surface area contributed by atoms with E-state index in [-0.39, 0.29) is 0 Å². The second kappa shape index (κ2) is 5.66. The van der Waals surface area contributed by atoms with E-state index < -0.39 is 0 Å². The van der Waals surface area contributed by atoms with E-state index in [1.807, 2.05) is 6.20 Å². The van der Waals surface area contributed by atoms with Crippen molar-refractivity contribution in [1.29, 1.82) is 0 Å². The summed E-state index contributed by atoms with van der Waals surface area (Å²) in [7, 11) is 0. The van der Waals surface area contributed by atoms with Crippen molar-refractivity contribution in [2.24, 2.45) is 16.8 Å². The van der Waals surface area contributed by atoms with Gasteiger partial charge in [-0.3, -0.25) is 4.99 Å². The van der Waals surface area contributed by atoms with Gasteiger partial charge in [0.2, 0.25) is 0 Å². The number of aliphatic imine (C=N–C) groups is 1. The van der Waals surface area contributed by atoms with Gasteiger partial charge >= 0.3 is 0 Å². The SMILES string of the molecule is CC1=CN=C2C(NCCc3ccccc3)=CC(C)CC12. The Morgan fingerprint density at radius 2 is 2.05 bits per heavy atom. The zero-order chi connectivity index (χ0) is 13.9. The van der Waals surface area contributed by atoms with Gasteiger partial charge in [-0.15, -0.1) is 0 Å². The van der Waals surface area contributed by atoms with Crippen LogP contribution in [0.3, 0.4) is 0 Å². The summed E-state index contributed by atoms with van der Waals surface area (Å²) >= 11 is 0. The van der Waals surface area contributed by atoms with Gasteiger partial charge in [0.15, 0.2) is 0 Å². The van der Waals surface area contributed by atoms with E-state index in [1.54, 1.807) is 0 Å². The van der Waals surface area contributed by atoms with Crippen LogP contribution in [0.25, 0.3) is 0 Å². The number of rotatable bonds is 4. The van der Waals surface area contributed by atoms with Crippen LogP contribution in [-0.4, -0.2) is 12.3 Å². The smallest absolute Gasteiger partial charge is 0.0703 e. The highest BCUT2D eigenvalue weighted by molar-refractivity contribution is 6.05. The predicted octanol–water partition coefficient (Wildman–Crippen LogP) is 3.72. The summed E-state index contributed by atoms with van der Waals surface area (Å²) in [6.45, 7) is 5.45. The first-order chi connectivity index (χ1) is 9.74. The van der Waals surface area contributed by atoms with Gasteiger partial charge in [0, 0.05) is 18.7 Å². The van der Waals surface area contributed by atoms with Crippen molar-refractivity contribution in [2.45, 2.75) is 26.7 Å². The van der Waals surface area contributed by atoms with Gasteiger partial charge in [0.25, 0.3) is 0 Å². The van der Waals surface area contributed by atoms with Crippen molar-refractivity contribution in [3.63, 3.8) is 0 Å². The Morgan fingerprint density at radius 3 is 2.85 bits per heavy atom. The molecule has 0 saturated carbocycles. The minimum Gasteiger partial charge on any atom is -0.383 e. The summed E-state index contributed by atoms with van der Waals surface area (Å²) in [6.07, 6.45) is 6.62. The number of fused-ring (bicyclic) bond motifs is 1. The first-order valence-corrected chi connectivity index (χ1v) is 7.48. The molecule has 2 atom stereocenters. The highest BCUT2D eigenvalue weighted by Gasteiger charge is 2.30. The number of allylic oxidation sites excluding steroid dienone is 3. The van der Waals surface area contributed by atoms with Crippen LogP contribution in [0.15, 0.2) is 58.9 Å². The maximum Gasteiger partial charge on any atom is 0.0703 e. The largest absolute Gasteiger partial charge is 0.383 e. The molecular weight excluding hydrogens is 244 g/mol. The Morgan fingerprint density at radius 1 is 1.25 bits per heavy atom. The molecule has 2 aliphatic rings. The van der Waals surface area contributed by atoms with Crippen LogP contribution in [-0.2, 0) is 6.42 Å². The number of nitrogens with zero attached hydrogens (tertiary/aromatic N) is 1. The zero-order valence-corrected chi connectivity index (χ0v) is 12.3. The van der Waals surface area contributed by atoms with Gasteiger partial charge in [-0.25, -0.2) is 0 Å². The van der Waals surface area contributed by atoms with Crippen LogP contribution in [0.1, 0.15) is 25.8 Å². The Hall–Kier alpha value is -1.83. The molecule has 0 bridgehead atoms. The molecule has 104 valence electrons. The highest BCUT2D eigenvalue weighted by atomic mass is 14.9. The topological polar surface area (TPSA) is 24.4 Å². The van der Waals surface area contributed by atoms with E-state index in [0.717, 1.165) is 13.0 Å². The lowest BCUT2D eigenvalue weighted by Crippen LogP contribution is -2.31. The molecule has 0 aromatic heterocycles. The standard InChI is InChI=1S/C18H22N2/c1-13-10-16-14(2)12-20-18(16)17(11-13)19-9-8-15-6-4-3-5-7-15/h3-7,11-13,16,19H,8-10H2,1-2H3. The van der Waals surface area contributed by atoms with Crippen molar-refractivity contribution in [3.05, 3.63) is 59.4 Å². The molecule has 1 N–H and O–H groups in total. The molecule has 0 saturated heterocycles. The first-order valence-electron chi connectivity index (χ1n) is 7.48. The lowest BCUT2D eigenvalue weighted by molar-refractivity contribution is 0.562. The molecule has 1 aliphatic carbocycles. The van der Waals surface area contributed by atoms with Gasteiger partial charge in [-0.05, 0) is 36.8 Å². The van der Waals surface area contributed by atoms with Crippen LogP contribution in [0.4, 0.5) is 0 Å². The number of hydrogen-bond acceptors (Lipinski definition) is 2. The van der Waals surface area contributed by atoms with Gasteiger partial charge in [0.05, 0.1) is 11.4 Å². The lowest BCUT2D eigenvalue weighted by atomic mass is 9.81. The monoisotopic (exact) mass is 266 g/mol.